The summed E-state index contributed by atoms with van der Waals surface area (Å²) in [7, 11) is 0. The number of amides is 1. The van der Waals surface area contributed by atoms with Crippen molar-refractivity contribution in [2.45, 2.75) is 6.54 Å². The molecule has 3 aromatic rings. The average Bonchev–Trinajstić information content (AvgIpc) is 2.83. The Bertz CT molecular complexity index is 1030. The first-order valence-corrected chi connectivity index (χ1v) is 11.4. The molecule has 6 heteroatoms. The molecule has 5 nitrogen and oxygen atoms in total. The zero-order valence-corrected chi connectivity index (χ0v) is 18.9. The lowest BCUT2D eigenvalue weighted by Crippen LogP contribution is -2.48. The third-order valence-electron chi connectivity index (χ3n) is 5.95. The predicted octanol–water partition coefficient (Wildman–Crippen LogP) is 4.27. The largest absolute Gasteiger partial charge is 0.369 e. The molecule has 0 aromatic heterocycles. The van der Waals surface area contributed by atoms with Gasteiger partial charge in [0.05, 0.1) is 5.56 Å². The Balaban J connectivity index is 1.45. The quantitative estimate of drug-likeness (QED) is 0.559. The Morgan fingerprint density at radius 2 is 1.62 bits per heavy atom. The maximum absolute atomic E-state index is 12.1. The molecule has 1 saturated heterocycles. The second kappa shape index (κ2) is 10.5. The van der Waals surface area contributed by atoms with Crippen molar-refractivity contribution in [3.63, 3.8) is 0 Å². The monoisotopic (exact) mass is 448 g/mol. The molecule has 0 radical (unpaired) electrons. The number of primary amides is 1. The lowest BCUT2D eigenvalue weighted by Gasteiger charge is -2.37. The van der Waals surface area contributed by atoms with Gasteiger partial charge < -0.3 is 15.5 Å². The summed E-state index contributed by atoms with van der Waals surface area (Å²) < 4.78 is 0. The zero-order valence-electron chi connectivity index (χ0n) is 18.2. The van der Waals surface area contributed by atoms with Crippen LogP contribution in [0.25, 0.3) is 0 Å². The number of benzene rings is 3. The highest BCUT2D eigenvalue weighted by Crippen LogP contribution is 2.24. The molecule has 0 aliphatic carbocycles. The molecule has 0 saturated carbocycles. The van der Waals surface area contributed by atoms with Crippen LogP contribution >= 0.6 is 11.6 Å². The van der Waals surface area contributed by atoms with Crippen molar-refractivity contribution < 1.29 is 4.79 Å². The SMILES string of the molecule is NC(=O)c1ccccc1N(CCN1CCN(c2ccccc2)CC1)Cc1cccc(Cl)c1. The Labute approximate surface area is 195 Å². The number of nitrogens with zero attached hydrogens (tertiary/aromatic N) is 3. The summed E-state index contributed by atoms with van der Waals surface area (Å²) in [6.07, 6.45) is 0. The Morgan fingerprint density at radius 1 is 0.906 bits per heavy atom. The number of anilines is 2. The smallest absolute Gasteiger partial charge is 0.250 e. The maximum Gasteiger partial charge on any atom is 0.250 e. The van der Waals surface area contributed by atoms with Crippen LogP contribution in [0.5, 0.6) is 0 Å². The fourth-order valence-corrected chi connectivity index (χ4v) is 4.44. The fraction of sp³-hybridized carbons (Fsp3) is 0.269. The molecule has 0 spiro atoms. The number of para-hydroxylation sites is 2. The highest BCUT2D eigenvalue weighted by molar-refractivity contribution is 6.30. The number of carbonyl (C=O) groups excluding carboxylic acids is 1. The van der Waals surface area contributed by atoms with Crippen molar-refractivity contribution in [2.75, 3.05) is 49.1 Å². The minimum atomic E-state index is -0.409. The van der Waals surface area contributed by atoms with E-state index in [2.05, 4.69) is 51.1 Å². The summed E-state index contributed by atoms with van der Waals surface area (Å²) in [6.45, 7) is 6.41. The number of nitrogens with two attached hydrogens (primary N) is 1. The van der Waals surface area contributed by atoms with Crippen LogP contribution in [0.2, 0.25) is 5.02 Å². The first-order chi connectivity index (χ1) is 15.6. The molecule has 32 heavy (non-hydrogen) atoms. The Hall–Kier alpha value is -3.02. The summed E-state index contributed by atoms with van der Waals surface area (Å²) >= 11 is 6.21. The van der Waals surface area contributed by atoms with E-state index in [4.69, 9.17) is 17.3 Å². The van der Waals surface area contributed by atoms with E-state index in [9.17, 15) is 4.79 Å². The van der Waals surface area contributed by atoms with Crippen molar-refractivity contribution in [1.29, 1.82) is 0 Å². The molecule has 0 bridgehead atoms. The predicted molar refractivity (Wildman–Crippen MR) is 133 cm³/mol. The number of rotatable bonds is 8. The van der Waals surface area contributed by atoms with Crippen LogP contribution in [0.15, 0.2) is 78.9 Å². The topological polar surface area (TPSA) is 52.8 Å². The highest BCUT2D eigenvalue weighted by Gasteiger charge is 2.20. The van der Waals surface area contributed by atoms with Crippen LogP contribution in [0, 0.1) is 0 Å². The first-order valence-electron chi connectivity index (χ1n) is 11.0. The van der Waals surface area contributed by atoms with Gasteiger partial charge in [-0.05, 0) is 42.0 Å². The standard InChI is InChI=1S/C26H29ClN4O/c27-22-8-6-7-21(19-22)20-31(25-12-5-4-11-24(25)26(28)32)18-15-29-13-16-30(17-14-29)23-9-2-1-3-10-23/h1-12,19H,13-18,20H2,(H2,28,32). The van der Waals surface area contributed by atoms with Gasteiger partial charge in [-0.2, -0.15) is 0 Å². The molecule has 1 aliphatic rings. The molecule has 0 atom stereocenters. The summed E-state index contributed by atoms with van der Waals surface area (Å²) in [5.74, 6) is -0.409. The molecule has 0 unspecified atom stereocenters. The van der Waals surface area contributed by atoms with Crippen molar-refractivity contribution in [2.24, 2.45) is 5.73 Å². The molecule has 1 aliphatic heterocycles. The van der Waals surface area contributed by atoms with Crippen LogP contribution in [0.1, 0.15) is 15.9 Å². The normalized spacial score (nSPS) is 14.3. The summed E-state index contributed by atoms with van der Waals surface area (Å²) in [6, 6.07) is 26.0. The number of hydrogen-bond donors (Lipinski definition) is 1. The van der Waals surface area contributed by atoms with Gasteiger partial charge in [0.2, 0.25) is 0 Å². The van der Waals surface area contributed by atoms with Crippen LogP contribution in [-0.4, -0.2) is 50.1 Å². The van der Waals surface area contributed by atoms with Gasteiger partial charge in [0, 0.05) is 62.2 Å². The van der Waals surface area contributed by atoms with E-state index in [0.717, 1.165) is 50.5 Å². The van der Waals surface area contributed by atoms with Gasteiger partial charge in [0.25, 0.3) is 5.91 Å². The van der Waals surface area contributed by atoms with Gasteiger partial charge in [0.15, 0.2) is 0 Å². The number of piperazine rings is 1. The second-order valence-electron chi connectivity index (χ2n) is 8.10. The van der Waals surface area contributed by atoms with Gasteiger partial charge in [-0.25, -0.2) is 0 Å². The summed E-state index contributed by atoms with van der Waals surface area (Å²) in [5.41, 5.74) is 9.47. The van der Waals surface area contributed by atoms with Crippen molar-refractivity contribution in [1.82, 2.24) is 4.90 Å². The van der Waals surface area contributed by atoms with Crippen LogP contribution in [0.3, 0.4) is 0 Å². The van der Waals surface area contributed by atoms with Crippen LogP contribution in [-0.2, 0) is 6.54 Å². The molecular formula is C26H29ClN4O. The highest BCUT2D eigenvalue weighted by atomic mass is 35.5. The van der Waals surface area contributed by atoms with E-state index in [-0.39, 0.29) is 0 Å². The van der Waals surface area contributed by atoms with Gasteiger partial charge in [-0.1, -0.05) is 54.1 Å². The Kier molecular flexibility index (Phi) is 7.30. The van der Waals surface area contributed by atoms with Gasteiger partial charge >= 0.3 is 0 Å². The average molecular weight is 449 g/mol. The molecule has 3 aromatic carbocycles. The van der Waals surface area contributed by atoms with E-state index in [1.165, 1.54) is 5.69 Å². The third-order valence-corrected chi connectivity index (χ3v) is 6.19. The molecule has 1 heterocycles. The van der Waals surface area contributed by atoms with Crippen molar-refractivity contribution >= 4 is 28.9 Å². The summed E-state index contributed by atoms with van der Waals surface area (Å²) in [5, 5.41) is 0.711. The van der Waals surface area contributed by atoms with Crippen molar-refractivity contribution in [3.05, 3.63) is 95.0 Å². The molecular weight excluding hydrogens is 420 g/mol. The summed E-state index contributed by atoms with van der Waals surface area (Å²) in [4.78, 5) is 19.2. The van der Waals surface area contributed by atoms with Crippen LogP contribution < -0.4 is 15.5 Å². The minimum absolute atomic E-state index is 0.409. The lowest BCUT2D eigenvalue weighted by atomic mass is 10.1. The second-order valence-corrected chi connectivity index (χ2v) is 8.53. The molecule has 2 N–H and O–H groups in total. The van der Waals surface area contributed by atoms with E-state index in [0.29, 0.717) is 17.1 Å². The molecule has 4 rings (SSSR count). The van der Waals surface area contributed by atoms with Crippen LogP contribution in [0.4, 0.5) is 11.4 Å². The van der Waals surface area contributed by atoms with E-state index < -0.39 is 5.91 Å². The van der Waals surface area contributed by atoms with E-state index >= 15 is 0 Å². The van der Waals surface area contributed by atoms with Gasteiger partial charge in [-0.15, -0.1) is 0 Å². The van der Waals surface area contributed by atoms with E-state index in [1.54, 1.807) is 6.07 Å². The minimum Gasteiger partial charge on any atom is -0.369 e. The maximum atomic E-state index is 12.1. The fourth-order valence-electron chi connectivity index (χ4n) is 4.23. The molecule has 1 amide bonds. The molecule has 166 valence electrons. The Morgan fingerprint density at radius 3 is 2.34 bits per heavy atom. The number of hydrogen-bond acceptors (Lipinski definition) is 4. The first kappa shape index (κ1) is 22.2. The third kappa shape index (κ3) is 5.61. The number of halogens is 1. The number of carbonyl (C=O) groups is 1. The molecule has 1 fully saturated rings. The zero-order chi connectivity index (χ0) is 22.3. The van der Waals surface area contributed by atoms with E-state index in [1.807, 2.05) is 36.4 Å². The lowest BCUT2D eigenvalue weighted by molar-refractivity contribution is 0.100. The van der Waals surface area contributed by atoms with Crippen molar-refractivity contribution in [3.8, 4) is 0 Å². The van der Waals surface area contributed by atoms with Gasteiger partial charge in [-0.3, -0.25) is 9.69 Å². The van der Waals surface area contributed by atoms with Gasteiger partial charge in [0.1, 0.15) is 0 Å².